The first-order valence-electron chi connectivity index (χ1n) is 13.1. The zero-order valence-corrected chi connectivity index (χ0v) is 25.6. The first-order chi connectivity index (χ1) is 21.3. The van der Waals surface area contributed by atoms with Crippen molar-refractivity contribution in [3.63, 3.8) is 0 Å². The number of anilines is 2. The zero-order valence-electron chi connectivity index (χ0n) is 24.1. The van der Waals surface area contributed by atoms with Crippen LogP contribution in [0.1, 0.15) is 15.9 Å². The molecule has 0 aliphatic carbocycles. The van der Waals surface area contributed by atoms with Crippen LogP contribution in [-0.2, 0) is 9.59 Å². The second kappa shape index (κ2) is 15.5. The number of carbonyl (C=O) groups excluding carboxylic acids is 3. The molecular weight excluding hydrogens is 604 g/mol. The lowest BCUT2D eigenvalue weighted by molar-refractivity contribution is -0.114. The molecule has 0 fully saturated rings. The molecule has 0 bridgehead atoms. The van der Waals surface area contributed by atoms with E-state index in [1.165, 1.54) is 45.4 Å². The monoisotopic (exact) mass is 632 g/mol. The average molecular weight is 633 g/mol. The molecule has 1 heterocycles. The number of benzene rings is 3. The first kappa shape index (κ1) is 31.9. The van der Waals surface area contributed by atoms with Crippen molar-refractivity contribution in [2.45, 2.75) is 4.90 Å². The van der Waals surface area contributed by atoms with Crippen LogP contribution in [0.5, 0.6) is 17.2 Å². The third kappa shape index (κ3) is 8.76. The van der Waals surface area contributed by atoms with Crippen molar-refractivity contribution in [3.8, 4) is 17.2 Å². The summed E-state index contributed by atoms with van der Waals surface area (Å²) in [6, 6.07) is 22.1. The lowest BCUT2D eigenvalue weighted by atomic mass is 10.1. The van der Waals surface area contributed by atoms with E-state index in [1.807, 2.05) is 6.07 Å². The Labute approximate surface area is 263 Å². The number of pyridine rings is 1. The van der Waals surface area contributed by atoms with Crippen molar-refractivity contribution < 1.29 is 28.6 Å². The molecule has 0 aliphatic heterocycles. The van der Waals surface area contributed by atoms with E-state index in [-0.39, 0.29) is 17.4 Å². The van der Waals surface area contributed by atoms with Crippen molar-refractivity contribution in [2.75, 3.05) is 37.7 Å². The summed E-state index contributed by atoms with van der Waals surface area (Å²) in [6.07, 6.45) is 2.96. The van der Waals surface area contributed by atoms with Crippen LogP contribution in [0.3, 0.4) is 0 Å². The standard InChI is InChI=1S/C32H29ClN4O6S/c1-41-26-15-20(16-27(42-2)30(26)43-3)14-25(36-31(39)21-8-5-4-6-9-21)32(40)35-23-10-7-11-24(17-23)44-19-29(38)37-28-13-12-22(33)18-34-28/h4-18H,19H2,1-3H3,(H,35,40)(H,36,39)(H,34,37,38)/b25-14+. The van der Waals surface area contributed by atoms with Crippen molar-refractivity contribution in [1.82, 2.24) is 10.3 Å². The lowest BCUT2D eigenvalue weighted by Crippen LogP contribution is -2.30. The van der Waals surface area contributed by atoms with E-state index in [4.69, 9.17) is 25.8 Å². The van der Waals surface area contributed by atoms with Gasteiger partial charge in [0.25, 0.3) is 11.8 Å². The van der Waals surface area contributed by atoms with Crippen molar-refractivity contribution in [3.05, 3.63) is 107 Å². The smallest absolute Gasteiger partial charge is 0.272 e. The van der Waals surface area contributed by atoms with E-state index in [1.54, 1.807) is 72.8 Å². The number of hydrogen-bond acceptors (Lipinski definition) is 8. The maximum absolute atomic E-state index is 13.6. The van der Waals surface area contributed by atoms with Crippen molar-refractivity contribution in [1.29, 1.82) is 0 Å². The van der Waals surface area contributed by atoms with Gasteiger partial charge in [-0.05, 0) is 66.2 Å². The topological polar surface area (TPSA) is 128 Å². The average Bonchev–Trinajstić information content (AvgIpc) is 3.04. The normalized spacial score (nSPS) is 10.9. The zero-order chi connectivity index (χ0) is 31.5. The molecule has 0 saturated carbocycles. The summed E-state index contributed by atoms with van der Waals surface area (Å²) in [5.41, 5.74) is 1.33. The number of thioether (sulfide) groups is 1. The van der Waals surface area contributed by atoms with Crippen LogP contribution in [0.2, 0.25) is 5.02 Å². The second-order valence-corrected chi connectivity index (χ2v) is 10.5. The Morgan fingerprint density at radius 1 is 0.864 bits per heavy atom. The Bertz CT molecular complexity index is 1640. The summed E-state index contributed by atoms with van der Waals surface area (Å²) in [5, 5.41) is 8.71. The SMILES string of the molecule is COc1cc(/C=C(/NC(=O)c2ccccc2)C(=O)Nc2cccc(SCC(=O)Nc3ccc(Cl)cn3)c2)cc(OC)c1OC. The number of halogens is 1. The molecule has 4 rings (SSSR count). The Morgan fingerprint density at radius 3 is 2.23 bits per heavy atom. The first-order valence-corrected chi connectivity index (χ1v) is 14.5. The van der Waals surface area contributed by atoms with Gasteiger partial charge in [0.2, 0.25) is 11.7 Å². The van der Waals surface area contributed by atoms with Gasteiger partial charge in [0.05, 0.1) is 32.1 Å². The van der Waals surface area contributed by atoms with Crippen LogP contribution >= 0.6 is 23.4 Å². The van der Waals surface area contributed by atoms with Gasteiger partial charge in [0.15, 0.2) is 11.5 Å². The number of aromatic nitrogens is 1. The molecule has 3 N–H and O–H groups in total. The van der Waals surface area contributed by atoms with Gasteiger partial charge in [0, 0.05) is 22.3 Å². The highest BCUT2D eigenvalue weighted by atomic mass is 35.5. The van der Waals surface area contributed by atoms with Crippen LogP contribution in [0.4, 0.5) is 11.5 Å². The minimum atomic E-state index is -0.572. The van der Waals surface area contributed by atoms with Crippen LogP contribution in [0, 0.1) is 0 Å². The summed E-state index contributed by atoms with van der Waals surface area (Å²) >= 11 is 7.12. The number of hydrogen-bond donors (Lipinski definition) is 3. The molecule has 0 atom stereocenters. The Balaban J connectivity index is 1.54. The summed E-state index contributed by atoms with van der Waals surface area (Å²) in [5.74, 6) is 0.367. The van der Waals surface area contributed by atoms with Gasteiger partial charge in [-0.3, -0.25) is 14.4 Å². The molecule has 1 aromatic heterocycles. The Kier molecular flexibility index (Phi) is 11.2. The number of amides is 3. The fourth-order valence-corrected chi connectivity index (χ4v) is 4.80. The van der Waals surface area contributed by atoms with Crippen molar-refractivity contribution in [2.24, 2.45) is 0 Å². The third-order valence-corrected chi connectivity index (χ3v) is 7.20. The third-order valence-electron chi connectivity index (χ3n) is 5.98. The summed E-state index contributed by atoms with van der Waals surface area (Å²) in [7, 11) is 4.46. The predicted molar refractivity (Wildman–Crippen MR) is 172 cm³/mol. The molecule has 10 nitrogen and oxygen atoms in total. The number of ether oxygens (including phenoxy) is 3. The molecule has 0 aliphatic rings. The highest BCUT2D eigenvalue weighted by molar-refractivity contribution is 8.00. The van der Waals surface area contributed by atoms with Gasteiger partial charge in [-0.15, -0.1) is 11.8 Å². The fourth-order valence-electron chi connectivity index (χ4n) is 3.93. The van der Waals surface area contributed by atoms with Gasteiger partial charge in [-0.25, -0.2) is 4.98 Å². The van der Waals surface area contributed by atoms with Gasteiger partial charge in [-0.1, -0.05) is 35.9 Å². The van der Waals surface area contributed by atoms with E-state index >= 15 is 0 Å². The van der Waals surface area contributed by atoms with E-state index in [9.17, 15) is 14.4 Å². The van der Waals surface area contributed by atoms with Crippen LogP contribution < -0.4 is 30.2 Å². The van der Waals surface area contributed by atoms with Crippen molar-refractivity contribution >= 4 is 58.7 Å². The molecule has 12 heteroatoms. The Hall–Kier alpha value is -5.00. The fraction of sp³-hybridized carbons (Fsp3) is 0.125. The molecule has 226 valence electrons. The molecule has 0 radical (unpaired) electrons. The highest BCUT2D eigenvalue weighted by Gasteiger charge is 2.18. The molecular formula is C32H29ClN4O6S. The summed E-state index contributed by atoms with van der Waals surface area (Å²) in [4.78, 5) is 43.8. The van der Waals surface area contributed by atoms with Gasteiger partial charge < -0.3 is 30.2 Å². The molecule has 0 saturated heterocycles. The largest absolute Gasteiger partial charge is 0.493 e. The number of methoxy groups -OCH3 is 3. The van der Waals surface area contributed by atoms with Crippen LogP contribution in [-0.4, -0.2) is 49.8 Å². The van der Waals surface area contributed by atoms with E-state index in [0.29, 0.717) is 44.9 Å². The quantitative estimate of drug-likeness (QED) is 0.130. The number of rotatable bonds is 12. The minimum absolute atomic E-state index is 0.0268. The molecule has 0 spiro atoms. The molecule has 3 aromatic carbocycles. The van der Waals surface area contributed by atoms with E-state index in [2.05, 4.69) is 20.9 Å². The van der Waals surface area contributed by atoms with E-state index < -0.39 is 11.8 Å². The summed E-state index contributed by atoms with van der Waals surface area (Å²) < 4.78 is 16.3. The molecule has 44 heavy (non-hydrogen) atoms. The van der Waals surface area contributed by atoms with Gasteiger partial charge in [-0.2, -0.15) is 0 Å². The molecule has 0 unspecified atom stereocenters. The second-order valence-electron chi connectivity index (χ2n) is 9.02. The summed E-state index contributed by atoms with van der Waals surface area (Å²) in [6.45, 7) is 0. The molecule has 4 aromatic rings. The number of carbonyl (C=O) groups is 3. The number of nitrogens with zero attached hydrogens (tertiary/aromatic N) is 1. The maximum atomic E-state index is 13.6. The van der Waals surface area contributed by atoms with Gasteiger partial charge in [0.1, 0.15) is 11.5 Å². The van der Waals surface area contributed by atoms with Gasteiger partial charge >= 0.3 is 0 Å². The van der Waals surface area contributed by atoms with E-state index in [0.717, 1.165) is 4.90 Å². The Morgan fingerprint density at radius 2 is 1.59 bits per heavy atom. The number of nitrogens with one attached hydrogen (secondary N) is 3. The molecule has 3 amide bonds. The predicted octanol–water partition coefficient (Wildman–Crippen LogP) is 5.90. The maximum Gasteiger partial charge on any atom is 0.272 e. The minimum Gasteiger partial charge on any atom is -0.493 e. The highest BCUT2D eigenvalue weighted by Crippen LogP contribution is 2.38. The van der Waals surface area contributed by atoms with Crippen LogP contribution in [0.15, 0.2) is 95.7 Å². The van der Waals surface area contributed by atoms with Crippen LogP contribution in [0.25, 0.3) is 6.08 Å². The lowest BCUT2D eigenvalue weighted by Gasteiger charge is -2.15.